The van der Waals surface area contributed by atoms with E-state index in [-0.39, 0.29) is 0 Å². The highest BCUT2D eigenvalue weighted by molar-refractivity contribution is 6.06. The number of aromatic nitrogens is 1. The summed E-state index contributed by atoms with van der Waals surface area (Å²) in [6.07, 6.45) is 4.07. The molecule has 0 amide bonds. The van der Waals surface area contributed by atoms with Crippen LogP contribution in [0.5, 0.6) is 23.0 Å². The van der Waals surface area contributed by atoms with E-state index in [9.17, 15) is 0 Å². The van der Waals surface area contributed by atoms with Crippen molar-refractivity contribution in [2.45, 2.75) is 12.8 Å². The van der Waals surface area contributed by atoms with E-state index in [0.717, 1.165) is 46.2 Å². The molecule has 0 radical (unpaired) electrons. The van der Waals surface area contributed by atoms with Crippen LogP contribution in [0, 0.1) is 0 Å². The van der Waals surface area contributed by atoms with Crippen LogP contribution in [-0.2, 0) is 6.42 Å². The number of fused-ring (bicyclic) bond motifs is 8. The minimum atomic E-state index is 0.689. The van der Waals surface area contributed by atoms with Crippen molar-refractivity contribution in [1.82, 2.24) is 4.57 Å². The molecule has 224 valence electrons. The summed E-state index contributed by atoms with van der Waals surface area (Å²) >= 11 is 0. The standard InChI is InChI=1S/C42H28N2O3/c1-2-11-27(12-3-1)44-34-15-6-4-13-30(34)33-25-28(22-24-35(33)44)43(29-21-23-32-31-14-5-7-17-37(31)45-41(32)26-29)36-16-10-20-40-42(36)47-39-19-9-8-18-38(39)46-40/h1-21,23,25-26H,22,24H2. The number of allylic oxidation sites excluding steroid dienone is 1. The lowest BCUT2D eigenvalue weighted by atomic mass is 9.97. The van der Waals surface area contributed by atoms with Gasteiger partial charge in [-0.25, -0.2) is 0 Å². The summed E-state index contributed by atoms with van der Waals surface area (Å²) in [5.41, 5.74) is 9.75. The van der Waals surface area contributed by atoms with E-state index in [1.54, 1.807) is 0 Å². The van der Waals surface area contributed by atoms with Crippen molar-refractivity contribution in [2.75, 3.05) is 4.90 Å². The number of nitrogens with zero attached hydrogens (tertiary/aromatic N) is 2. The van der Waals surface area contributed by atoms with Gasteiger partial charge in [0, 0.05) is 50.6 Å². The summed E-state index contributed by atoms with van der Waals surface area (Å²) in [5, 5.41) is 3.44. The molecule has 0 atom stereocenters. The van der Waals surface area contributed by atoms with Gasteiger partial charge in [0.15, 0.2) is 23.0 Å². The Hall–Kier alpha value is -6.20. The molecule has 5 nitrogen and oxygen atoms in total. The second kappa shape index (κ2) is 10.2. The van der Waals surface area contributed by atoms with Gasteiger partial charge in [-0.3, -0.25) is 0 Å². The number of hydrogen-bond acceptors (Lipinski definition) is 4. The zero-order chi connectivity index (χ0) is 30.9. The first-order valence-corrected chi connectivity index (χ1v) is 16.0. The van der Waals surface area contributed by atoms with Crippen molar-refractivity contribution in [1.29, 1.82) is 0 Å². The first-order chi connectivity index (χ1) is 23.3. The molecule has 3 heterocycles. The Morgan fingerprint density at radius 2 is 1.28 bits per heavy atom. The van der Waals surface area contributed by atoms with Crippen LogP contribution in [0.25, 0.3) is 44.6 Å². The molecular weight excluding hydrogens is 580 g/mol. The number of furan rings is 1. The lowest BCUT2D eigenvalue weighted by molar-refractivity contribution is 0.360. The van der Waals surface area contributed by atoms with E-state index in [4.69, 9.17) is 13.9 Å². The van der Waals surface area contributed by atoms with Crippen LogP contribution in [-0.4, -0.2) is 4.57 Å². The third kappa shape index (κ3) is 4.03. The second-order valence-electron chi connectivity index (χ2n) is 12.1. The SMILES string of the molecule is C1=C(N(c2ccc3c(c2)oc2ccccc23)c2cccc3c2Oc2ccccc2O3)CCc2c1c1ccccc1n2-c1ccccc1. The number of ether oxygens (including phenoxy) is 2. The van der Waals surface area contributed by atoms with Crippen LogP contribution in [0.4, 0.5) is 11.4 Å². The molecule has 2 aliphatic rings. The maximum atomic E-state index is 6.62. The zero-order valence-electron chi connectivity index (χ0n) is 25.4. The first-order valence-electron chi connectivity index (χ1n) is 16.0. The average Bonchev–Trinajstić information content (AvgIpc) is 3.66. The molecule has 0 spiro atoms. The number of anilines is 2. The summed E-state index contributed by atoms with van der Waals surface area (Å²) in [7, 11) is 0. The van der Waals surface area contributed by atoms with Gasteiger partial charge in [0.1, 0.15) is 11.2 Å². The van der Waals surface area contributed by atoms with Crippen molar-refractivity contribution in [3.63, 3.8) is 0 Å². The largest absolute Gasteiger partial charge is 0.456 e. The third-order valence-corrected chi connectivity index (χ3v) is 9.35. The Labute approximate surface area is 271 Å². The van der Waals surface area contributed by atoms with Crippen LogP contribution in [0.15, 0.2) is 150 Å². The summed E-state index contributed by atoms with van der Waals surface area (Å²) in [6, 6.07) is 48.0. The summed E-state index contributed by atoms with van der Waals surface area (Å²) in [6.45, 7) is 0. The van der Waals surface area contributed by atoms with Gasteiger partial charge in [-0.05, 0) is 79.6 Å². The normalized spacial score (nSPS) is 13.4. The van der Waals surface area contributed by atoms with Gasteiger partial charge in [-0.15, -0.1) is 0 Å². The Bertz CT molecular complexity index is 2540. The molecular formula is C42H28N2O3. The summed E-state index contributed by atoms with van der Waals surface area (Å²) in [5.74, 6) is 2.79. The number of para-hydroxylation sites is 6. The van der Waals surface area contributed by atoms with Crippen LogP contribution in [0.3, 0.4) is 0 Å². The summed E-state index contributed by atoms with van der Waals surface area (Å²) in [4.78, 5) is 2.32. The number of benzene rings is 6. The third-order valence-electron chi connectivity index (χ3n) is 9.35. The molecule has 0 fully saturated rings. The zero-order valence-corrected chi connectivity index (χ0v) is 25.4. The van der Waals surface area contributed by atoms with Crippen molar-refractivity contribution >= 4 is 50.3 Å². The van der Waals surface area contributed by atoms with Crippen molar-refractivity contribution in [2.24, 2.45) is 0 Å². The molecule has 1 aliphatic carbocycles. The van der Waals surface area contributed by atoms with E-state index in [2.05, 4.69) is 107 Å². The maximum Gasteiger partial charge on any atom is 0.194 e. The van der Waals surface area contributed by atoms with Gasteiger partial charge >= 0.3 is 0 Å². The van der Waals surface area contributed by atoms with E-state index >= 15 is 0 Å². The molecule has 0 unspecified atom stereocenters. The summed E-state index contributed by atoms with van der Waals surface area (Å²) < 4.78 is 21.8. The Morgan fingerprint density at radius 1 is 0.553 bits per heavy atom. The first kappa shape index (κ1) is 26.1. The van der Waals surface area contributed by atoms with Crippen LogP contribution >= 0.6 is 0 Å². The predicted molar refractivity (Wildman–Crippen MR) is 188 cm³/mol. The molecule has 0 bridgehead atoms. The Kier molecular flexibility index (Phi) is 5.63. The van der Waals surface area contributed by atoms with E-state index in [1.165, 1.54) is 33.5 Å². The molecule has 2 aromatic heterocycles. The van der Waals surface area contributed by atoms with Crippen molar-refractivity contribution in [3.8, 4) is 28.7 Å². The molecule has 0 saturated carbocycles. The average molecular weight is 609 g/mol. The maximum absolute atomic E-state index is 6.62. The van der Waals surface area contributed by atoms with Gasteiger partial charge < -0.3 is 23.4 Å². The van der Waals surface area contributed by atoms with Gasteiger partial charge in [-0.2, -0.15) is 0 Å². The highest BCUT2D eigenvalue weighted by Crippen LogP contribution is 2.52. The minimum absolute atomic E-state index is 0.689. The molecule has 47 heavy (non-hydrogen) atoms. The van der Waals surface area contributed by atoms with Crippen molar-refractivity contribution in [3.05, 3.63) is 156 Å². The highest BCUT2D eigenvalue weighted by atomic mass is 16.6. The van der Waals surface area contributed by atoms with E-state index in [0.29, 0.717) is 23.0 Å². The molecule has 8 aromatic rings. The van der Waals surface area contributed by atoms with Gasteiger partial charge in [-0.1, -0.05) is 72.8 Å². The lowest BCUT2D eigenvalue weighted by Crippen LogP contribution is -2.20. The van der Waals surface area contributed by atoms with Gasteiger partial charge in [0.2, 0.25) is 0 Å². The Morgan fingerprint density at radius 3 is 2.17 bits per heavy atom. The van der Waals surface area contributed by atoms with Crippen LogP contribution < -0.4 is 14.4 Å². The second-order valence-corrected chi connectivity index (χ2v) is 12.1. The van der Waals surface area contributed by atoms with Gasteiger partial charge in [0.05, 0.1) is 11.2 Å². The fourth-order valence-corrected chi connectivity index (χ4v) is 7.28. The predicted octanol–water partition coefficient (Wildman–Crippen LogP) is 11.6. The quantitative estimate of drug-likeness (QED) is 0.199. The molecule has 10 rings (SSSR count). The monoisotopic (exact) mass is 608 g/mol. The molecule has 6 aromatic carbocycles. The molecule has 5 heteroatoms. The number of rotatable bonds is 4. The smallest absolute Gasteiger partial charge is 0.194 e. The topological polar surface area (TPSA) is 39.8 Å². The fourth-order valence-electron chi connectivity index (χ4n) is 7.28. The Balaban J connectivity index is 1.20. The molecule has 0 saturated heterocycles. The molecule has 0 N–H and O–H groups in total. The van der Waals surface area contributed by atoms with Gasteiger partial charge in [0.25, 0.3) is 0 Å². The van der Waals surface area contributed by atoms with Crippen LogP contribution in [0.1, 0.15) is 17.7 Å². The lowest BCUT2D eigenvalue weighted by Gasteiger charge is -2.33. The minimum Gasteiger partial charge on any atom is -0.456 e. The van der Waals surface area contributed by atoms with E-state index < -0.39 is 0 Å². The van der Waals surface area contributed by atoms with E-state index in [1.807, 2.05) is 48.5 Å². The number of hydrogen-bond donors (Lipinski definition) is 0. The van der Waals surface area contributed by atoms with Crippen molar-refractivity contribution < 1.29 is 13.9 Å². The van der Waals surface area contributed by atoms with Crippen LogP contribution in [0.2, 0.25) is 0 Å². The highest BCUT2D eigenvalue weighted by Gasteiger charge is 2.30. The fraction of sp³-hybridized carbons (Fsp3) is 0.0476. The molecule has 1 aliphatic heterocycles.